The van der Waals surface area contributed by atoms with Crippen LogP contribution in [-0.2, 0) is 24.7 Å². The number of hydrogen-bond donors (Lipinski definition) is 0. The second-order valence-corrected chi connectivity index (χ2v) is 6.60. The maximum Gasteiger partial charge on any atom is 0.240 e. The quantitative estimate of drug-likeness (QED) is 0.246. The Morgan fingerprint density at radius 3 is 1.63 bits per heavy atom. The maximum atomic E-state index is 10.4. The molecule has 0 saturated heterocycles. The van der Waals surface area contributed by atoms with Gasteiger partial charge >= 0.3 is 0 Å². The second-order valence-electron chi connectivity index (χ2n) is 5.01. The first kappa shape index (κ1) is 20.8. The summed E-state index contributed by atoms with van der Waals surface area (Å²) in [6.07, 6.45) is 3.00. The molecule has 2 aromatic rings. The van der Waals surface area contributed by atoms with E-state index in [1.54, 1.807) is 24.3 Å². The molecule has 0 spiro atoms. The molecule has 2 aromatic carbocycles. The predicted molar refractivity (Wildman–Crippen MR) is 105 cm³/mol. The summed E-state index contributed by atoms with van der Waals surface area (Å²) in [5.41, 5.74) is 2.82. The van der Waals surface area contributed by atoms with Crippen LogP contribution in [-0.4, -0.2) is 26.4 Å². The minimum atomic E-state index is 0.438. The summed E-state index contributed by atoms with van der Waals surface area (Å²) in [6, 6.07) is 10.7. The van der Waals surface area contributed by atoms with Crippen LogP contribution in [0.3, 0.4) is 0 Å². The van der Waals surface area contributed by atoms with Crippen LogP contribution in [0.2, 0.25) is 0 Å². The Kier molecular flexibility index (Phi) is 8.64. The van der Waals surface area contributed by atoms with Crippen molar-refractivity contribution in [3.05, 3.63) is 47.5 Å². The third-order valence-corrected chi connectivity index (χ3v) is 5.04. The molecule has 9 heteroatoms. The van der Waals surface area contributed by atoms with Crippen LogP contribution in [0.15, 0.2) is 46.4 Å². The molecule has 140 valence electrons. The third-order valence-electron chi connectivity index (χ3n) is 3.37. The van der Waals surface area contributed by atoms with Gasteiger partial charge in [-0.05, 0) is 35.4 Å². The van der Waals surface area contributed by atoms with Crippen LogP contribution in [0.5, 0.6) is 11.5 Å². The fourth-order valence-electron chi connectivity index (χ4n) is 2.12. The number of hydrogen-bond acceptors (Lipinski definition) is 9. The van der Waals surface area contributed by atoms with Gasteiger partial charge in [0.1, 0.15) is 22.9 Å². The molecule has 7 nitrogen and oxygen atoms in total. The van der Waals surface area contributed by atoms with Gasteiger partial charge in [0.15, 0.2) is 0 Å². The zero-order valence-corrected chi connectivity index (χ0v) is 16.3. The van der Waals surface area contributed by atoms with E-state index in [9.17, 15) is 9.59 Å². The Balaban J connectivity index is 1.84. The molecule has 0 N–H and O–H groups in total. The third kappa shape index (κ3) is 6.29. The fraction of sp³-hybridized carbons (Fsp3) is 0.222. The van der Waals surface area contributed by atoms with Gasteiger partial charge in [-0.15, -0.1) is 0 Å². The molecule has 0 bridgehead atoms. The Hall–Kier alpha value is -2.54. The average molecular weight is 404 g/mol. The van der Waals surface area contributed by atoms with E-state index < -0.39 is 0 Å². The lowest BCUT2D eigenvalue weighted by molar-refractivity contribution is 0.415. The van der Waals surface area contributed by atoms with Crippen LogP contribution in [0.4, 0.5) is 11.4 Å². The highest BCUT2D eigenvalue weighted by molar-refractivity contribution is 8.07. The molecule has 0 saturated carbocycles. The molecule has 0 aliphatic rings. The number of rotatable bonds is 10. The number of carbonyl (C=O) groups excluding carboxylic acids is 2. The smallest absolute Gasteiger partial charge is 0.240 e. The summed E-state index contributed by atoms with van der Waals surface area (Å²) in [5.74, 6) is 2.22. The Morgan fingerprint density at radius 1 is 0.815 bits per heavy atom. The lowest BCUT2D eigenvalue weighted by Crippen LogP contribution is -1.88. The molecule has 0 aromatic heterocycles. The van der Waals surface area contributed by atoms with Gasteiger partial charge in [-0.2, -0.15) is 9.98 Å². The summed E-state index contributed by atoms with van der Waals surface area (Å²) in [6.45, 7) is 0. The van der Waals surface area contributed by atoms with E-state index in [0.29, 0.717) is 34.4 Å². The Morgan fingerprint density at radius 2 is 1.26 bits per heavy atom. The minimum absolute atomic E-state index is 0.438. The Labute approximate surface area is 165 Å². The summed E-state index contributed by atoms with van der Waals surface area (Å²) in [7, 11) is 3.03. The van der Waals surface area contributed by atoms with E-state index in [2.05, 4.69) is 9.98 Å². The van der Waals surface area contributed by atoms with Crippen LogP contribution in [0.25, 0.3) is 0 Å². The highest BCUT2D eigenvalue weighted by Gasteiger charge is 2.06. The topological polar surface area (TPSA) is 86.6 Å². The first-order chi connectivity index (χ1) is 13.2. The van der Waals surface area contributed by atoms with Crippen LogP contribution >= 0.6 is 24.1 Å². The first-order valence-corrected chi connectivity index (χ1v) is 9.44. The average Bonchev–Trinajstić information content (AvgIpc) is 2.70. The molecule has 0 unspecified atom stereocenters. The summed E-state index contributed by atoms with van der Waals surface area (Å²) < 4.78 is 15.9. The highest BCUT2D eigenvalue weighted by atomic mass is 32.2. The van der Waals surface area contributed by atoms with Crippen molar-refractivity contribution in [1.82, 2.24) is 0 Å². The zero-order chi connectivity index (χ0) is 19.5. The van der Waals surface area contributed by atoms with Gasteiger partial charge in [0, 0.05) is 35.6 Å². The summed E-state index contributed by atoms with van der Waals surface area (Å²) in [5, 5.41) is 0. The van der Waals surface area contributed by atoms with E-state index in [1.165, 1.54) is 50.5 Å². The van der Waals surface area contributed by atoms with E-state index in [0.717, 1.165) is 11.1 Å². The maximum absolute atomic E-state index is 10.4. The number of nitrogens with zero attached hydrogens (tertiary/aromatic N) is 2. The number of methoxy groups -OCH3 is 2. The van der Waals surface area contributed by atoms with Gasteiger partial charge in [0.2, 0.25) is 12.2 Å². The van der Waals surface area contributed by atoms with E-state index in [1.807, 2.05) is 12.1 Å². The summed E-state index contributed by atoms with van der Waals surface area (Å²) >= 11 is 2.57. The number of ether oxygens (including phenoxy) is 2. The second kappa shape index (κ2) is 11.2. The van der Waals surface area contributed by atoms with Crippen molar-refractivity contribution in [2.75, 3.05) is 14.2 Å². The van der Waals surface area contributed by atoms with Crippen molar-refractivity contribution in [3.63, 3.8) is 0 Å². The van der Waals surface area contributed by atoms with Crippen molar-refractivity contribution in [1.29, 1.82) is 0 Å². The molecule has 0 amide bonds. The molecule has 27 heavy (non-hydrogen) atoms. The van der Waals surface area contributed by atoms with Crippen molar-refractivity contribution >= 4 is 47.6 Å². The highest BCUT2D eigenvalue weighted by Crippen LogP contribution is 2.32. The van der Waals surface area contributed by atoms with Gasteiger partial charge in [-0.3, -0.25) is 0 Å². The standard InChI is InChI=1S/C18H16N2O5S2/c1-23-17-7-13(3-5-15(17)19-11-21)9-26-25-27-10-14-4-6-16(20-12-22)18(8-14)24-2/h3-8H,9-10H2,1-2H3. The fourth-order valence-corrected chi connectivity index (χ4v) is 3.41. The van der Waals surface area contributed by atoms with E-state index in [4.69, 9.17) is 13.1 Å². The van der Waals surface area contributed by atoms with Gasteiger partial charge in [0.05, 0.1) is 14.2 Å². The number of isocyanates is 2. The molecule has 0 fully saturated rings. The SMILES string of the molecule is COc1cc(CSOSCc2ccc(N=C=O)c(OC)c2)ccc1N=C=O. The normalized spacial score (nSPS) is 9.85. The van der Waals surface area contributed by atoms with Crippen LogP contribution < -0.4 is 9.47 Å². The predicted octanol–water partition coefficient (Wildman–Crippen LogP) is 4.65. The van der Waals surface area contributed by atoms with Crippen LogP contribution in [0, 0.1) is 0 Å². The van der Waals surface area contributed by atoms with E-state index in [-0.39, 0.29) is 0 Å². The molecular weight excluding hydrogens is 388 g/mol. The van der Waals surface area contributed by atoms with E-state index >= 15 is 0 Å². The number of benzene rings is 2. The molecule has 0 heterocycles. The molecule has 0 atom stereocenters. The van der Waals surface area contributed by atoms with Gasteiger partial charge in [0.25, 0.3) is 0 Å². The molecule has 0 radical (unpaired) electrons. The largest absolute Gasteiger partial charge is 0.494 e. The number of aliphatic imine (C=N–C) groups is 2. The van der Waals surface area contributed by atoms with Crippen LogP contribution in [0.1, 0.15) is 11.1 Å². The van der Waals surface area contributed by atoms with Gasteiger partial charge in [-0.25, -0.2) is 13.2 Å². The lowest BCUT2D eigenvalue weighted by Gasteiger charge is -2.07. The molecule has 2 rings (SSSR count). The van der Waals surface area contributed by atoms with Crippen molar-refractivity contribution < 1.29 is 22.7 Å². The minimum Gasteiger partial charge on any atom is -0.494 e. The van der Waals surface area contributed by atoms with Gasteiger partial charge in [-0.1, -0.05) is 12.1 Å². The van der Waals surface area contributed by atoms with Crippen molar-refractivity contribution in [2.45, 2.75) is 11.5 Å². The lowest BCUT2D eigenvalue weighted by atomic mass is 10.2. The van der Waals surface area contributed by atoms with Gasteiger partial charge < -0.3 is 9.47 Å². The molecular formula is C18H16N2O5S2. The monoisotopic (exact) mass is 404 g/mol. The zero-order valence-electron chi connectivity index (χ0n) is 14.6. The first-order valence-electron chi connectivity index (χ1n) is 7.62. The van der Waals surface area contributed by atoms with Crippen molar-refractivity contribution in [3.8, 4) is 11.5 Å². The van der Waals surface area contributed by atoms with Crippen molar-refractivity contribution in [2.24, 2.45) is 9.98 Å². The molecule has 0 aliphatic carbocycles. The molecule has 0 aliphatic heterocycles. The Bertz CT molecular complexity index is 807. The summed E-state index contributed by atoms with van der Waals surface area (Å²) in [4.78, 5) is 27.9.